The van der Waals surface area contributed by atoms with E-state index in [4.69, 9.17) is 17.0 Å². The second-order valence-corrected chi connectivity index (χ2v) is 4.02. The first-order valence-corrected chi connectivity index (χ1v) is 5.83. The van der Waals surface area contributed by atoms with Gasteiger partial charge < -0.3 is 15.4 Å². The summed E-state index contributed by atoms with van der Waals surface area (Å²) in [5.74, 6) is -0.270. The Hall–Kier alpha value is -0.840. The van der Waals surface area contributed by atoms with E-state index < -0.39 is 0 Å². The molecule has 4 nitrogen and oxygen atoms in total. The molecule has 0 aliphatic heterocycles. The Balaban J connectivity index is 2.10. The molecule has 0 radical (unpaired) electrons. The standard InChI is InChI=1S/C10H18N2O2S/c1-2-14-9(13)7-11-10(15)12-8-5-3-4-6-8/h8H,2-7H2,1H3,(H2,11,12,15). The number of ether oxygens (including phenoxy) is 1. The lowest BCUT2D eigenvalue weighted by molar-refractivity contribution is -0.141. The molecule has 0 bridgehead atoms. The minimum Gasteiger partial charge on any atom is -0.465 e. The fourth-order valence-electron chi connectivity index (χ4n) is 1.67. The predicted octanol–water partition coefficient (Wildman–Crippen LogP) is 0.956. The van der Waals surface area contributed by atoms with E-state index in [9.17, 15) is 4.79 Å². The highest BCUT2D eigenvalue weighted by Gasteiger charge is 2.15. The van der Waals surface area contributed by atoms with Crippen molar-refractivity contribution in [1.82, 2.24) is 10.6 Å². The number of thiocarbonyl (C=S) groups is 1. The van der Waals surface area contributed by atoms with E-state index in [-0.39, 0.29) is 12.5 Å². The molecule has 0 unspecified atom stereocenters. The van der Waals surface area contributed by atoms with Crippen LogP contribution in [0.3, 0.4) is 0 Å². The molecule has 1 saturated carbocycles. The van der Waals surface area contributed by atoms with Crippen molar-refractivity contribution in [3.8, 4) is 0 Å². The van der Waals surface area contributed by atoms with Crippen molar-refractivity contribution < 1.29 is 9.53 Å². The third-order valence-electron chi connectivity index (χ3n) is 2.39. The van der Waals surface area contributed by atoms with Crippen LogP contribution >= 0.6 is 12.2 Å². The van der Waals surface area contributed by atoms with Crippen LogP contribution in [0.15, 0.2) is 0 Å². The molecule has 0 spiro atoms. The molecule has 1 aliphatic carbocycles. The highest BCUT2D eigenvalue weighted by molar-refractivity contribution is 7.80. The van der Waals surface area contributed by atoms with Gasteiger partial charge in [-0.3, -0.25) is 4.79 Å². The fraction of sp³-hybridized carbons (Fsp3) is 0.800. The molecule has 5 heteroatoms. The lowest BCUT2D eigenvalue weighted by Crippen LogP contribution is -2.42. The number of hydrogen-bond donors (Lipinski definition) is 2. The van der Waals surface area contributed by atoms with E-state index in [2.05, 4.69) is 10.6 Å². The topological polar surface area (TPSA) is 50.4 Å². The Bertz CT molecular complexity index is 227. The maximum Gasteiger partial charge on any atom is 0.325 e. The van der Waals surface area contributed by atoms with Gasteiger partial charge in [0.25, 0.3) is 0 Å². The van der Waals surface area contributed by atoms with Crippen LogP contribution in [0.5, 0.6) is 0 Å². The van der Waals surface area contributed by atoms with E-state index >= 15 is 0 Å². The SMILES string of the molecule is CCOC(=O)CNC(=S)NC1CCCC1. The summed E-state index contributed by atoms with van der Waals surface area (Å²) in [5.41, 5.74) is 0. The molecule has 86 valence electrons. The normalized spacial score (nSPS) is 16.1. The number of hydrogen-bond acceptors (Lipinski definition) is 3. The van der Waals surface area contributed by atoms with Gasteiger partial charge in [0.2, 0.25) is 0 Å². The Morgan fingerprint density at radius 1 is 1.47 bits per heavy atom. The van der Waals surface area contributed by atoms with Gasteiger partial charge in [-0.2, -0.15) is 0 Å². The second kappa shape index (κ2) is 6.61. The summed E-state index contributed by atoms with van der Waals surface area (Å²) in [6.45, 7) is 2.34. The summed E-state index contributed by atoms with van der Waals surface area (Å²) in [4.78, 5) is 11.0. The van der Waals surface area contributed by atoms with Crippen molar-refractivity contribution >= 4 is 23.3 Å². The minimum absolute atomic E-state index is 0.145. The van der Waals surface area contributed by atoms with Crippen molar-refractivity contribution in [2.24, 2.45) is 0 Å². The van der Waals surface area contributed by atoms with Gasteiger partial charge in [0.15, 0.2) is 5.11 Å². The molecule has 1 fully saturated rings. The first-order valence-electron chi connectivity index (χ1n) is 5.42. The van der Waals surface area contributed by atoms with Gasteiger partial charge in [0, 0.05) is 6.04 Å². The molecule has 2 N–H and O–H groups in total. The van der Waals surface area contributed by atoms with Gasteiger partial charge in [-0.15, -0.1) is 0 Å². The predicted molar refractivity (Wildman–Crippen MR) is 62.6 cm³/mol. The lowest BCUT2D eigenvalue weighted by atomic mass is 10.3. The van der Waals surface area contributed by atoms with Gasteiger partial charge in [-0.25, -0.2) is 0 Å². The van der Waals surface area contributed by atoms with Crippen molar-refractivity contribution in [2.45, 2.75) is 38.6 Å². The zero-order valence-electron chi connectivity index (χ0n) is 9.04. The third kappa shape index (κ3) is 4.97. The zero-order chi connectivity index (χ0) is 11.1. The first kappa shape index (κ1) is 12.2. The molecule has 0 amide bonds. The number of carbonyl (C=O) groups is 1. The van der Waals surface area contributed by atoms with Crippen LogP contribution in [0.1, 0.15) is 32.6 Å². The second-order valence-electron chi connectivity index (χ2n) is 3.61. The van der Waals surface area contributed by atoms with E-state index in [1.54, 1.807) is 6.92 Å². The van der Waals surface area contributed by atoms with E-state index in [1.165, 1.54) is 25.7 Å². The molecule has 0 aromatic rings. The monoisotopic (exact) mass is 230 g/mol. The molecular weight excluding hydrogens is 212 g/mol. The summed E-state index contributed by atoms with van der Waals surface area (Å²) >= 11 is 5.06. The average Bonchev–Trinajstić information content (AvgIpc) is 2.68. The van der Waals surface area contributed by atoms with Crippen molar-refractivity contribution in [1.29, 1.82) is 0 Å². The molecule has 1 rings (SSSR count). The van der Waals surface area contributed by atoms with Gasteiger partial charge >= 0.3 is 5.97 Å². The maximum atomic E-state index is 11.0. The highest BCUT2D eigenvalue weighted by Crippen LogP contribution is 2.17. The van der Waals surface area contributed by atoms with Crippen molar-refractivity contribution in [3.05, 3.63) is 0 Å². The molecule has 0 heterocycles. The van der Waals surface area contributed by atoms with E-state index in [0.29, 0.717) is 17.8 Å². The van der Waals surface area contributed by atoms with Gasteiger partial charge in [0.1, 0.15) is 6.54 Å². The largest absolute Gasteiger partial charge is 0.465 e. The minimum atomic E-state index is -0.270. The van der Waals surface area contributed by atoms with Crippen LogP contribution in [0.25, 0.3) is 0 Å². The highest BCUT2D eigenvalue weighted by atomic mass is 32.1. The Labute approximate surface area is 95.8 Å². The van der Waals surface area contributed by atoms with Crippen LogP contribution in [0.4, 0.5) is 0 Å². The number of carbonyl (C=O) groups excluding carboxylic acids is 1. The van der Waals surface area contributed by atoms with Crippen molar-refractivity contribution in [2.75, 3.05) is 13.2 Å². The van der Waals surface area contributed by atoms with Crippen molar-refractivity contribution in [3.63, 3.8) is 0 Å². The zero-order valence-corrected chi connectivity index (χ0v) is 9.86. The Morgan fingerprint density at radius 3 is 2.73 bits per heavy atom. The van der Waals surface area contributed by atoms with Gasteiger partial charge in [-0.1, -0.05) is 12.8 Å². The quantitative estimate of drug-likeness (QED) is 0.556. The van der Waals surface area contributed by atoms with Crippen LogP contribution in [-0.2, 0) is 9.53 Å². The molecule has 0 atom stereocenters. The van der Waals surface area contributed by atoms with E-state index in [1.807, 2.05) is 0 Å². The van der Waals surface area contributed by atoms with Gasteiger partial charge in [0.05, 0.1) is 6.61 Å². The summed E-state index contributed by atoms with van der Waals surface area (Å²) in [6, 6.07) is 0.479. The van der Waals surface area contributed by atoms with Gasteiger partial charge in [-0.05, 0) is 32.0 Å². The summed E-state index contributed by atoms with van der Waals surface area (Å²) in [5, 5.41) is 6.58. The van der Waals surface area contributed by atoms with Crippen LogP contribution in [0, 0.1) is 0 Å². The summed E-state index contributed by atoms with van der Waals surface area (Å²) in [6.07, 6.45) is 4.86. The molecule has 0 saturated heterocycles. The third-order valence-corrected chi connectivity index (χ3v) is 2.65. The molecular formula is C10H18N2O2S. The maximum absolute atomic E-state index is 11.0. The number of nitrogens with one attached hydrogen (secondary N) is 2. The lowest BCUT2D eigenvalue weighted by Gasteiger charge is -2.15. The smallest absolute Gasteiger partial charge is 0.325 e. The number of esters is 1. The number of rotatable bonds is 4. The molecule has 1 aliphatic rings. The summed E-state index contributed by atoms with van der Waals surface area (Å²) in [7, 11) is 0. The first-order chi connectivity index (χ1) is 7.22. The van der Waals surface area contributed by atoms with Crippen LogP contribution in [-0.4, -0.2) is 30.3 Å². The Kier molecular flexibility index (Phi) is 5.39. The molecule has 0 aromatic heterocycles. The van der Waals surface area contributed by atoms with Crippen LogP contribution < -0.4 is 10.6 Å². The summed E-state index contributed by atoms with van der Waals surface area (Å²) < 4.78 is 4.77. The molecule has 15 heavy (non-hydrogen) atoms. The van der Waals surface area contributed by atoms with E-state index in [0.717, 1.165) is 0 Å². The Morgan fingerprint density at radius 2 is 2.13 bits per heavy atom. The fourth-order valence-corrected chi connectivity index (χ4v) is 1.91. The molecule has 0 aromatic carbocycles. The average molecular weight is 230 g/mol. The van der Waals surface area contributed by atoms with Crippen LogP contribution in [0.2, 0.25) is 0 Å².